The Balaban J connectivity index is 2.78. The number of phenolic OH excluding ortho intramolecular Hbond substituents is 2. The normalized spacial score (nSPS) is 11.5. The summed E-state index contributed by atoms with van der Waals surface area (Å²) in [7, 11) is 1.24. The van der Waals surface area contributed by atoms with Crippen molar-refractivity contribution in [3.05, 3.63) is 36.4 Å². The molecule has 7 heteroatoms. The van der Waals surface area contributed by atoms with Crippen LogP contribution < -0.4 is 5.32 Å². The molecule has 0 aliphatic heterocycles. The highest BCUT2D eigenvalue weighted by Crippen LogP contribution is 2.20. The van der Waals surface area contributed by atoms with E-state index in [1.807, 2.05) is 0 Å². The summed E-state index contributed by atoms with van der Waals surface area (Å²) in [6, 6.07) is 2.67. The van der Waals surface area contributed by atoms with Crippen LogP contribution in [0.25, 0.3) is 0 Å². The highest BCUT2D eigenvalue weighted by atomic mass is 32.2. The maximum Gasteiger partial charge on any atom is 0.329 e. The van der Waals surface area contributed by atoms with Crippen LogP contribution in [0.3, 0.4) is 0 Å². The van der Waals surface area contributed by atoms with Gasteiger partial charge in [0.1, 0.15) is 17.5 Å². The van der Waals surface area contributed by atoms with Gasteiger partial charge in [-0.3, -0.25) is 4.79 Å². The molecule has 0 bridgehead atoms. The first-order valence-corrected chi connectivity index (χ1v) is 7.23. The number of benzene rings is 1. The lowest BCUT2D eigenvalue weighted by Gasteiger charge is -2.16. The van der Waals surface area contributed by atoms with Gasteiger partial charge in [-0.05, 0) is 12.1 Å². The van der Waals surface area contributed by atoms with Crippen molar-refractivity contribution < 1.29 is 24.5 Å². The fraction of sp³-hybridized carbons (Fsp3) is 0.286. The van der Waals surface area contributed by atoms with Gasteiger partial charge in [-0.15, -0.1) is 6.58 Å². The molecule has 21 heavy (non-hydrogen) atoms. The van der Waals surface area contributed by atoms with Gasteiger partial charge in [-0.1, -0.05) is 6.08 Å². The van der Waals surface area contributed by atoms with Crippen molar-refractivity contribution in [2.24, 2.45) is 0 Å². The van der Waals surface area contributed by atoms with Crippen molar-refractivity contribution in [1.29, 1.82) is 0 Å². The van der Waals surface area contributed by atoms with E-state index in [9.17, 15) is 19.8 Å². The van der Waals surface area contributed by atoms with E-state index < -0.39 is 17.9 Å². The van der Waals surface area contributed by atoms with Crippen molar-refractivity contribution in [2.45, 2.75) is 6.04 Å². The van der Waals surface area contributed by atoms with Crippen LogP contribution in [0.2, 0.25) is 0 Å². The van der Waals surface area contributed by atoms with Crippen LogP contribution in [0.5, 0.6) is 11.5 Å². The van der Waals surface area contributed by atoms with E-state index in [1.165, 1.54) is 31.0 Å². The number of carbonyl (C=O) groups excluding carboxylic acids is 2. The Morgan fingerprint density at radius 1 is 1.38 bits per heavy atom. The molecule has 0 saturated heterocycles. The second kappa shape index (κ2) is 8.21. The van der Waals surface area contributed by atoms with Gasteiger partial charge in [0.25, 0.3) is 5.91 Å². The average Bonchev–Trinajstić information content (AvgIpc) is 2.44. The van der Waals surface area contributed by atoms with Crippen LogP contribution in [0.4, 0.5) is 0 Å². The fourth-order valence-electron chi connectivity index (χ4n) is 1.55. The Morgan fingerprint density at radius 2 is 2.00 bits per heavy atom. The zero-order valence-electron chi connectivity index (χ0n) is 11.5. The summed E-state index contributed by atoms with van der Waals surface area (Å²) in [5, 5.41) is 21.2. The highest BCUT2D eigenvalue weighted by Gasteiger charge is 2.22. The molecule has 1 aromatic carbocycles. The van der Waals surface area contributed by atoms with Crippen LogP contribution in [-0.2, 0) is 9.53 Å². The van der Waals surface area contributed by atoms with Crippen molar-refractivity contribution in [2.75, 3.05) is 18.6 Å². The summed E-state index contributed by atoms with van der Waals surface area (Å²) in [4.78, 5) is 23.7. The van der Waals surface area contributed by atoms with Gasteiger partial charge in [-0.25, -0.2) is 4.79 Å². The van der Waals surface area contributed by atoms with E-state index in [1.54, 1.807) is 6.08 Å². The number of carbonyl (C=O) groups is 2. The van der Waals surface area contributed by atoms with Crippen LogP contribution in [-0.4, -0.2) is 46.7 Å². The molecule has 0 heterocycles. The van der Waals surface area contributed by atoms with E-state index >= 15 is 0 Å². The maximum atomic E-state index is 12.0. The van der Waals surface area contributed by atoms with E-state index in [0.29, 0.717) is 11.5 Å². The third-order valence-corrected chi connectivity index (χ3v) is 3.52. The van der Waals surface area contributed by atoms with E-state index in [0.717, 1.165) is 6.07 Å². The van der Waals surface area contributed by atoms with Crippen molar-refractivity contribution in [3.8, 4) is 11.5 Å². The predicted octanol–water partition coefficient (Wildman–Crippen LogP) is 1.29. The number of nitrogens with one attached hydrogen (secondary N) is 1. The van der Waals surface area contributed by atoms with Gasteiger partial charge >= 0.3 is 5.97 Å². The minimum Gasteiger partial charge on any atom is -0.508 e. The molecule has 1 atom stereocenters. The van der Waals surface area contributed by atoms with Gasteiger partial charge in [0.2, 0.25) is 0 Å². The lowest BCUT2D eigenvalue weighted by molar-refractivity contribution is -0.142. The lowest BCUT2D eigenvalue weighted by Crippen LogP contribution is -2.43. The minimum absolute atomic E-state index is 0.0510. The molecule has 1 aromatic rings. The number of rotatable bonds is 7. The molecule has 3 N–H and O–H groups in total. The third-order valence-electron chi connectivity index (χ3n) is 2.48. The maximum absolute atomic E-state index is 12.0. The highest BCUT2D eigenvalue weighted by molar-refractivity contribution is 7.99. The van der Waals surface area contributed by atoms with Gasteiger partial charge in [0.05, 0.1) is 7.11 Å². The number of ether oxygens (including phenoxy) is 1. The molecule has 0 spiro atoms. The first-order chi connectivity index (χ1) is 9.97. The van der Waals surface area contributed by atoms with E-state index in [2.05, 4.69) is 16.6 Å². The first-order valence-electron chi connectivity index (χ1n) is 6.08. The third kappa shape index (κ3) is 5.39. The first kappa shape index (κ1) is 16.9. The molecule has 114 valence electrons. The van der Waals surface area contributed by atoms with Crippen molar-refractivity contribution in [1.82, 2.24) is 5.32 Å². The van der Waals surface area contributed by atoms with E-state index in [-0.39, 0.29) is 17.1 Å². The Morgan fingerprint density at radius 3 is 2.52 bits per heavy atom. The second-order valence-corrected chi connectivity index (χ2v) is 5.19. The minimum atomic E-state index is -0.822. The molecule has 6 nitrogen and oxygen atoms in total. The monoisotopic (exact) mass is 311 g/mol. The SMILES string of the molecule is C=CCSCC(NC(=O)c1cc(O)cc(O)c1)C(=O)OC. The number of hydrogen-bond donors (Lipinski definition) is 3. The average molecular weight is 311 g/mol. The molecule has 1 rings (SSSR count). The van der Waals surface area contributed by atoms with Gasteiger partial charge in [-0.2, -0.15) is 11.8 Å². The molecule has 0 fully saturated rings. The summed E-state index contributed by atoms with van der Waals surface area (Å²) in [5.74, 6) is -0.669. The van der Waals surface area contributed by atoms with Gasteiger partial charge in [0.15, 0.2) is 0 Å². The smallest absolute Gasteiger partial charge is 0.329 e. The zero-order chi connectivity index (χ0) is 15.8. The number of aromatic hydroxyl groups is 2. The molecular formula is C14H17NO5S. The van der Waals surface area contributed by atoms with Crippen LogP contribution in [0.15, 0.2) is 30.9 Å². The summed E-state index contributed by atoms with van der Waals surface area (Å²) >= 11 is 1.42. The van der Waals surface area contributed by atoms with Crippen LogP contribution in [0, 0.1) is 0 Å². The number of hydrogen-bond acceptors (Lipinski definition) is 6. The zero-order valence-corrected chi connectivity index (χ0v) is 12.4. The topological polar surface area (TPSA) is 95.9 Å². The van der Waals surface area contributed by atoms with Crippen molar-refractivity contribution >= 4 is 23.6 Å². The number of phenols is 2. The largest absolute Gasteiger partial charge is 0.508 e. The Hall–Kier alpha value is -2.15. The summed E-state index contributed by atoms with van der Waals surface area (Å²) < 4.78 is 4.64. The number of amides is 1. The molecule has 0 aliphatic rings. The van der Waals surface area contributed by atoms with Gasteiger partial charge < -0.3 is 20.3 Å². The van der Waals surface area contributed by atoms with Crippen LogP contribution in [0.1, 0.15) is 10.4 Å². The number of esters is 1. The Labute approximate surface area is 126 Å². The molecular weight excluding hydrogens is 294 g/mol. The molecule has 1 unspecified atom stereocenters. The molecule has 0 saturated carbocycles. The summed E-state index contributed by atoms with van der Waals surface area (Å²) in [6.07, 6.45) is 1.69. The summed E-state index contributed by atoms with van der Waals surface area (Å²) in [6.45, 7) is 3.57. The van der Waals surface area contributed by atoms with Crippen LogP contribution >= 0.6 is 11.8 Å². The fourth-order valence-corrected chi connectivity index (χ4v) is 2.31. The second-order valence-electron chi connectivity index (χ2n) is 4.11. The molecule has 1 amide bonds. The molecule has 0 aromatic heterocycles. The standard InChI is InChI=1S/C14H17NO5S/c1-3-4-21-8-12(14(19)20-2)15-13(18)9-5-10(16)7-11(17)6-9/h3,5-7,12,16-17H,1,4,8H2,2H3,(H,15,18). The molecule has 0 radical (unpaired) electrons. The quantitative estimate of drug-likeness (QED) is 0.399. The molecule has 0 aliphatic carbocycles. The Bertz CT molecular complexity index is 512. The summed E-state index contributed by atoms with van der Waals surface area (Å²) in [5.41, 5.74) is 0.0510. The van der Waals surface area contributed by atoms with E-state index in [4.69, 9.17) is 0 Å². The lowest BCUT2D eigenvalue weighted by atomic mass is 10.1. The predicted molar refractivity (Wildman–Crippen MR) is 80.6 cm³/mol. The number of thioether (sulfide) groups is 1. The van der Waals surface area contributed by atoms with Crippen molar-refractivity contribution in [3.63, 3.8) is 0 Å². The number of methoxy groups -OCH3 is 1. The Kier molecular flexibility index (Phi) is 6.61. The van der Waals surface area contributed by atoms with Gasteiger partial charge in [0, 0.05) is 23.1 Å².